The van der Waals surface area contributed by atoms with Gasteiger partial charge in [-0.1, -0.05) is 48.0 Å². The Balaban J connectivity index is 1.78. The minimum Gasteiger partial charge on any atom is -0.350 e. The quantitative estimate of drug-likeness (QED) is 0.491. The zero-order chi connectivity index (χ0) is 22.7. The van der Waals surface area contributed by atoms with Gasteiger partial charge in [0.2, 0.25) is 5.91 Å². The fraction of sp³-hybridized carbons (Fsp3) is 0.167. The third kappa shape index (κ3) is 4.33. The van der Waals surface area contributed by atoms with Gasteiger partial charge in [-0.25, -0.2) is 4.79 Å². The van der Waals surface area contributed by atoms with Gasteiger partial charge in [0.1, 0.15) is 6.04 Å². The molecule has 0 aliphatic rings. The van der Waals surface area contributed by atoms with Gasteiger partial charge in [0.25, 0.3) is 5.56 Å². The molecule has 7 nitrogen and oxygen atoms in total. The van der Waals surface area contributed by atoms with Gasteiger partial charge in [-0.05, 0) is 42.3 Å². The molecule has 32 heavy (non-hydrogen) atoms. The molecule has 1 unspecified atom stereocenters. The number of rotatable bonds is 6. The Morgan fingerprint density at radius 1 is 1.06 bits per heavy atom. The van der Waals surface area contributed by atoms with Gasteiger partial charge < -0.3 is 5.32 Å². The number of pyridine rings is 1. The summed E-state index contributed by atoms with van der Waals surface area (Å²) in [6.45, 7) is 1.99. The predicted octanol–water partition coefficient (Wildman–Crippen LogP) is 3.14. The van der Waals surface area contributed by atoms with E-state index < -0.39 is 17.3 Å². The van der Waals surface area contributed by atoms with Crippen molar-refractivity contribution in [1.29, 1.82) is 0 Å². The number of carbonyl (C=O) groups excluding carboxylic acids is 1. The maximum atomic E-state index is 13.4. The van der Waals surface area contributed by atoms with Gasteiger partial charge in [-0.15, -0.1) is 0 Å². The Bertz CT molecular complexity index is 1380. The minimum absolute atomic E-state index is 0.0983. The summed E-state index contributed by atoms with van der Waals surface area (Å²) < 4.78 is 2.47. The molecular formula is C24H21ClN4O3. The number of nitrogens with one attached hydrogen (secondary N) is 1. The highest BCUT2D eigenvalue weighted by Crippen LogP contribution is 2.19. The van der Waals surface area contributed by atoms with Crippen molar-refractivity contribution in [2.45, 2.75) is 26.1 Å². The molecule has 4 aromatic rings. The predicted molar refractivity (Wildman–Crippen MR) is 124 cm³/mol. The number of hydrogen-bond donors (Lipinski definition) is 1. The number of fused-ring (bicyclic) bond motifs is 1. The molecule has 8 heteroatoms. The van der Waals surface area contributed by atoms with E-state index in [-0.39, 0.29) is 19.0 Å². The monoisotopic (exact) mass is 448 g/mol. The fourth-order valence-electron chi connectivity index (χ4n) is 3.59. The molecule has 0 radical (unpaired) electrons. The Kier molecular flexibility index (Phi) is 6.18. The Morgan fingerprint density at radius 2 is 1.81 bits per heavy atom. The van der Waals surface area contributed by atoms with Crippen LogP contribution in [0.5, 0.6) is 0 Å². The van der Waals surface area contributed by atoms with Crippen LogP contribution >= 0.6 is 11.6 Å². The molecule has 0 spiro atoms. The molecule has 2 aromatic carbocycles. The first-order valence-electron chi connectivity index (χ1n) is 10.1. The van der Waals surface area contributed by atoms with Gasteiger partial charge in [0.15, 0.2) is 0 Å². The van der Waals surface area contributed by atoms with Crippen molar-refractivity contribution >= 4 is 28.4 Å². The van der Waals surface area contributed by atoms with Crippen molar-refractivity contribution in [3.63, 3.8) is 0 Å². The van der Waals surface area contributed by atoms with Crippen molar-refractivity contribution in [1.82, 2.24) is 19.4 Å². The summed E-state index contributed by atoms with van der Waals surface area (Å²) in [5.41, 5.74) is 0.964. The summed E-state index contributed by atoms with van der Waals surface area (Å²) in [5, 5.41) is 3.51. The van der Waals surface area contributed by atoms with E-state index in [1.807, 2.05) is 36.4 Å². The molecule has 1 N–H and O–H groups in total. The third-order valence-corrected chi connectivity index (χ3v) is 5.51. The number of halogens is 1. The van der Waals surface area contributed by atoms with E-state index >= 15 is 0 Å². The fourth-order valence-corrected chi connectivity index (χ4v) is 3.75. The van der Waals surface area contributed by atoms with Crippen molar-refractivity contribution < 1.29 is 4.79 Å². The second-order valence-corrected chi connectivity index (χ2v) is 7.88. The normalized spacial score (nSPS) is 11.9. The molecule has 0 saturated heterocycles. The van der Waals surface area contributed by atoms with E-state index in [9.17, 15) is 14.4 Å². The average molecular weight is 449 g/mol. The van der Waals surface area contributed by atoms with Crippen molar-refractivity contribution in [3.8, 4) is 0 Å². The van der Waals surface area contributed by atoms with Gasteiger partial charge in [0, 0.05) is 24.0 Å². The Labute approximate surface area is 188 Å². The summed E-state index contributed by atoms with van der Waals surface area (Å²) in [5.74, 6) is -0.359. The minimum atomic E-state index is -0.872. The molecule has 0 fully saturated rings. The molecule has 2 aromatic heterocycles. The number of aromatic nitrogens is 3. The van der Waals surface area contributed by atoms with Crippen LogP contribution in [-0.4, -0.2) is 20.0 Å². The first kappa shape index (κ1) is 21.5. The molecule has 2 heterocycles. The highest BCUT2D eigenvalue weighted by atomic mass is 35.5. The van der Waals surface area contributed by atoms with Crippen LogP contribution in [0.2, 0.25) is 5.02 Å². The van der Waals surface area contributed by atoms with Crippen LogP contribution in [0.25, 0.3) is 10.9 Å². The SMILES string of the molecule is CC(C(=O)NCc1cccnc1)n1c(=O)n(Cc2ccccc2)c(=O)c2ccc(Cl)cc21. The van der Waals surface area contributed by atoms with Crippen LogP contribution in [0.3, 0.4) is 0 Å². The Hall–Kier alpha value is -3.71. The average Bonchev–Trinajstić information content (AvgIpc) is 2.81. The van der Waals surface area contributed by atoms with Gasteiger partial charge >= 0.3 is 5.69 Å². The standard InChI is InChI=1S/C24H21ClN4O3/c1-16(22(30)27-14-18-8-5-11-26-13-18)29-21-12-19(25)9-10-20(21)23(31)28(24(29)32)15-17-6-3-2-4-7-17/h2-13,16H,14-15H2,1H3,(H,27,30). The highest BCUT2D eigenvalue weighted by molar-refractivity contribution is 6.31. The molecule has 1 amide bonds. The zero-order valence-electron chi connectivity index (χ0n) is 17.4. The lowest BCUT2D eigenvalue weighted by Gasteiger charge is -2.20. The molecular weight excluding hydrogens is 428 g/mol. The molecule has 0 aliphatic heterocycles. The molecule has 0 aliphatic carbocycles. The molecule has 162 valence electrons. The maximum Gasteiger partial charge on any atom is 0.332 e. The number of carbonyl (C=O) groups is 1. The highest BCUT2D eigenvalue weighted by Gasteiger charge is 2.22. The number of nitrogens with zero attached hydrogens (tertiary/aromatic N) is 3. The number of hydrogen-bond acceptors (Lipinski definition) is 4. The Morgan fingerprint density at radius 3 is 2.53 bits per heavy atom. The van der Waals surface area contributed by atoms with Crippen LogP contribution in [0, 0.1) is 0 Å². The summed E-state index contributed by atoms with van der Waals surface area (Å²) in [7, 11) is 0. The first-order valence-corrected chi connectivity index (χ1v) is 10.5. The number of amides is 1. The van der Waals surface area contributed by atoms with Crippen LogP contribution < -0.4 is 16.6 Å². The van der Waals surface area contributed by atoms with E-state index in [0.717, 1.165) is 15.7 Å². The summed E-state index contributed by atoms with van der Waals surface area (Å²) in [6.07, 6.45) is 3.31. The van der Waals surface area contributed by atoms with E-state index in [4.69, 9.17) is 11.6 Å². The summed E-state index contributed by atoms with van der Waals surface area (Å²) in [4.78, 5) is 43.5. The lowest BCUT2D eigenvalue weighted by atomic mass is 10.2. The second-order valence-electron chi connectivity index (χ2n) is 7.45. The van der Waals surface area contributed by atoms with E-state index in [1.54, 1.807) is 37.5 Å². The van der Waals surface area contributed by atoms with Crippen molar-refractivity contribution in [3.05, 3.63) is 110 Å². The molecule has 4 rings (SSSR count). The summed E-state index contributed by atoms with van der Waals surface area (Å²) in [6, 6.07) is 16.7. The third-order valence-electron chi connectivity index (χ3n) is 5.27. The lowest BCUT2D eigenvalue weighted by molar-refractivity contribution is -0.124. The van der Waals surface area contributed by atoms with E-state index in [2.05, 4.69) is 10.3 Å². The van der Waals surface area contributed by atoms with Gasteiger partial charge in [0.05, 0.1) is 17.4 Å². The van der Waals surface area contributed by atoms with Crippen LogP contribution in [0.1, 0.15) is 24.1 Å². The molecule has 1 atom stereocenters. The van der Waals surface area contributed by atoms with E-state index in [0.29, 0.717) is 15.9 Å². The van der Waals surface area contributed by atoms with Crippen LogP contribution in [0.15, 0.2) is 82.6 Å². The van der Waals surface area contributed by atoms with Crippen LogP contribution in [0.4, 0.5) is 0 Å². The summed E-state index contributed by atoms with van der Waals surface area (Å²) >= 11 is 6.16. The second kappa shape index (κ2) is 9.20. The largest absolute Gasteiger partial charge is 0.350 e. The van der Waals surface area contributed by atoms with E-state index in [1.165, 1.54) is 10.6 Å². The lowest BCUT2D eigenvalue weighted by Crippen LogP contribution is -2.44. The van der Waals surface area contributed by atoms with Gasteiger partial charge in [-0.3, -0.25) is 23.7 Å². The number of benzene rings is 2. The van der Waals surface area contributed by atoms with Crippen molar-refractivity contribution in [2.24, 2.45) is 0 Å². The maximum absolute atomic E-state index is 13.4. The van der Waals surface area contributed by atoms with Crippen LogP contribution in [-0.2, 0) is 17.9 Å². The molecule has 0 bridgehead atoms. The molecule has 0 saturated carbocycles. The zero-order valence-corrected chi connectivity index (χ0v) is 18.1. The topological polar surface area (TPSA) is 86.0 Å². The van der Waals surface area contributed by atoms with Gasteiger partial charge in [-0.2, -0.15) is 0 Å². The first-order chi connectivity index (χ1) is 15.5. The smallest absolute Gasteiger partial charge is 0.332 e. The van der Waals surface area contributed by atoms with Crippen molar-refractivity contribution in [2.75, 3.05) is 0 Å².